The van der Waals surface area contributed by atoms with Gasteiger partial charge >= 0.3 is 12.1 Å². The number of benzene rings is 1. The third kappa shape index (κ3) is 2.15. The highest BCUT2D eigenvalue weighted by molar-refractivity contribution is 5.83. The van der Waals surface area contributed by atoms with E-state index in [0.717, 1.165) is 0 Å². The molecule has 1 aromatic carbocycles. The van der Waals surface area contributed by atoms with Gasteiger partial charge in [-0.2, -0.15) is 22.0 Å². The summed E-state index contributed by atoms with van der Waals surface area (Å²) in [5, 5.41) is 0.181. The highest BCUT2D eigenvalue weighted by Gasteiger charge is 2.62. The highest BCUT2D eigenvalue weighted by Crippen LogP contribution is 2.46. The van der Waals surface area contributed by atoms with E-state index in [2.05, 4.69) is 0 Å². The predicted octanol–water partition coefficient (Wildman–Crippen LogP) is 4.19. The van der Waals surface area contributed by atoms with Gasteiger partial charge in [0.2, 0.25) is 0 Å². The molecule has 0 aliphatic rings. The fraction of sp³-hybridized carbons (Fsp3) is 0.385. The molecule has 0 fully saturated rings. The third-order valence-electron chi connectivity index (χ3n) is 3.11. The molecule has 0 saturated carbocycles. The number of hydrogen-bond acceptors (Lipinski definition) is 2. The number of alkyl halides is 5. The fourth-order valence-corrected chi connectivity index (χ4v) is 2.08. The Morgan fingerprint density at radius 1 is 1.15 bits per heavy atom. The molecule has 0 radical (unpaired) electrons. The molecule has 0 spiro atoms. The Kier molecular flexibility index (Phi) is 3.49. The summed E-state index contributed by atoms with van der Waals surface area (Å²) in [5.41, 5.74) is 5.17. The van der Waals surface area contributed by atoms with Crippen molar-refractivity contribution in [2.45, 2.75) is 31.5 Å². The zero-order chi connectivity index (χ0) is 15.1. The van der Waals surface area contributed by atoms with Crippen LogP contribution in [0.3, 0.4) is 0 Å². The Hall–Kier alpha value is -1.63. The van der Waals surface area contributed by atoms with E-state index in [4.69, 9.17) is 10.2 Å². The molecule has 1 atom stereocenters. The molecule has 7 heteroatoms. The fourth-order valence-electron chi connectivity index (χ4n) is 2.08. The smallest absolute Gasteiger partial charge is 0.455 e. The maximum Gasteiger partial charge on any atom is 0.455 e. The van der Waals surface area contributed by atoms with Crippen LogP contribution in [-0.2, 0) is 6.42 Å². The Morgan fingerprint density at radius 2 is 1.75 bits per heavy atom. The molecule has 20 heavy (non-hydrogen) atoms. The number of hydrogen-bond donors (Lipinski definition) is 1. The summed E-state index contributed by atoms with van der Waals surface area (Å²) in [6, 6.07) is 3.54. The number of rotatable bonds is 3. The van der Waals surface area contributed by atoms with Crippen molar-refractivity contribution in [3.63, 3.8) is 0 Å². The zero-order valence-corrected chi connectivity index (χ0v) is 10.5. The Balaban J connectivity index is 2.62. The standard InChI is InChI=1S/C13H12F5NO/c1-2-8-10(7-5-3-4-6-9(7)20-8)11(19)12(14,15)13(16,17)18/h3-6,11H,2,19H2,1H3. The average molecular weight is 293 g/mol. The second-order valence-electron chi connectivity index (χ2n) is 4.39. The van der Waals surface area contributed by atoms with Gasteiger partial charge < -0.3 is 10.2 Å². The summed E-state index contributed by atoms with van der Waals surface area (Å²) < 4.78 is 69.5. The van der Waals surface area contributed by atoms with Crippen LogP contribution >= 0.6 is 0 Å². The second-order valence-corrected chi connectivity index (χ2v) is 4.39. The Labute approximate surface area is 111 Å². The van der Waals surface area contributed by atoms with Gasteiger partial charge in [-0.3, -0.25) is 0 Å². The maximum atomic E-state index is 13.4. The van der Waals surface area contributed by atoms with Crippen LogP contribution in [0, 0.1) is 0 Å². The van der Waals surface area contributed by atoms with Crippen LogP contribution in [0.25, 0.3) is 11.0 Å². The van der Waals surface area contributed by atoms with Gasteiger partial charge in [-0.05, 0) is 6.07 Å². The van der Waals surface area contributed by atoms with E-state index in [9.17, 15) is 22.0 Å². The van der Waals surface area contributed by atoms with Crippen molar-refractivity contribution >= 4 is 11.0 Å². The van der Waals surface area contributed by atoms with E-state index >= 15 is 0 Å². The first-order valence-corrected chi connectivity index (χ1v) is 5.90. The second kappa shape index (κ2) is 4.73. The van der Waals surface area contributed by atoms with Crippen LogP contribution in [0.2, 0.25) is 0 Å². The van der Waals surface area contributed by atoms with Gasteiger partial charge in [0.15, 0.2) is 0 Å². The van der Waals surface area contributed by atoms with Gasteiger partial charge in [-0.15, -0.1) is 0 Å². The quantitative estimate of drug-likeness (QED) is 0.862. The summed E-state index contributed by atoms with van der Waals surface area (Å²) in [4.78, 5) is 0. The van der Waals surface area contributed by atoms with Crippen LogP contribution in [0.5, 0.6) is 0 Å². The molecule has 0 bridgehead atoms. The van der Waals surface area contributed by atoms with Crippen molar-refractivity contribution in [1.29, 1.82) is 0 Å². The average Bonchev–Trinajstić information content (AvgIpc) is 2.74. The van der Waals surface area contributed by atoms with Crippen LogP contribution in [0.1, 0.15) is 24.3 Å². The van der Waals surface area contributed by atoms with Crippen molar-refractivity contribution in [2.24, 2.45) is 5.73 Å². The SMILES string of the molecule is CCc1oc2ccccc2c1C(N)C(F)(F)C(F)(F)F. The van der Waals surface area contributed by atoms with Gasteiger partial charge in [-0.25, -0.2) is 0 Å². The Morgan fingerprint density at radius 3 is 2.30 bits per heavy atom. The molecule has 2 N–H and O–H groups in total. The third-order valence-corrected chi connectivity index (χ3v) is 3.11. The lowest BCUT2D eigenvalue weighted by Gasteiger charge is -2.25. The van der Waals surface area contributed by atoms with E-state index < -0.39 is 18.1 Å². The van der Waals surface area contributed by atoms with E-state index in [1.54, 1.807) is 13.0 Å². The minimum Gasteiger partial charge on any atom is -0.461 e. The zero-order valence-electron chi connectivity index (χ0n) is 10.5. The van der Waals surface area contributed by atoms with Crippen molar-refractivity contribution in [3.05, 3.63) is 35.6 Å². The van der Waals surface area contributed by atoms with Crippen molar-refractivity contribution < 1.29 is 26.4 Å². The monoisotopic (exact) mass is 293 g/mol. The number of halogens is 5. The molecular formula is C13H12F5NO. The van der Waals surface area contributed by atoms with E-state index in [1.165, 1.54) is 18.2 Å². The van der Waals surface area contributed by atoms with Gasteiger partial charge in [0.25, 0.3) is 0 Å². The number of para-hydroxylation sites is 1. The molecule has 1 unspecified atom stereocenters. The topological polar surface area (TPSA) is 39.2 Å². The van der Waals surface area contributed by atoms with E-state index in [-0.39, 0.29) is 28.7 Å². The molecule has 0 aliphatic carbocycles. The van der Waals surface area contributed by atoms with Crippen LogP contribution < -0.4 is 5.73 Å². The molecule has 1 heterocycles. The summed E-state index contributed by atoms with van der Waals surface area (Å²) in [6.45, 7) is 1.60. The summed E-state index contributed by atoms with van der Waals surface area (Å²) >= 11 is 0. The van der Waals surface area contributed by atoms with Crippen LogP contribution in [0.15, 0.2) is 28.7 Å². The predicted molar refractivity (Wildman–Crippen MR) is 63.5 cm³/mol. The number of furan rings is 1. The van der Waals surface area contributed by atoms with Gasteiger partial charge in [0, 0.05) is 17.4 Å². The summed E-state index contributed by atoms with van der Waals surface area (Å²) in [7, 11) is 0. The first-order chi connectivity index (χ1) is 9.20. The van der Waals surface area contributed by atoms with Crippen LogP contribution in [-0.4, -0.2) is 12.1 Å². The van der Waals surface area contributed by atoms with Crippen molar-refractivity contribution in [1.82, 2.24) is 0 Å². The molecular weight excluding hydrogens is 281 g/mol. The van der Waals surface area contributed by atoms with E-state index in [0.29, 0.717) is 0 Å². The summed E-state index contributed by atoms with van der Waals surface area (Å²) in [6.07, 6.45) is -5.54. The molecule has 0 aliphatic heterocycles. The van der Waals surface area contributed by atoms with Crippen molar-refractivity contribution in [2.75, 3.05) is 0 Å². The minimum atomic E-state index is -5.71. The lowest BCUT2D eigenvalue weighted by Crippen LogP contribution is -2.46. The van der Waals surface area contributed by atoms with E-state index in [1.807, 2.05) is 0 Å². The molecule has 0 saturated heterocycles. The minimum absolute atomic E-state index is 0.0441. The lowest BCUT2D eigenvalue weighted by atomic mass is 9.97. The number of fused-ring (bicyclic) bond motifs is 1. The normalized spacial score (nSPS) is 14.8. The Bertz CT molecular complexity index is 617. The van der Waals surface area contributed by atoms with Crippen molar-refractivity contribution in [3.8, 4) is 0 Å². The molecule has 1 aromatic heterocycles. The van der Waals surface area contributed by atoms with Crippen LogP contribution in [0.4, 0.5) is 22.0 Å². The maximum absolute atomic E-state index is 13.4. The summed E-state index contributed by atoms with van der Waals surface area (Å²) in [5.74, 6) is -4.98. The molecule has 110 valence electrons. The molecule has 2 aromatic rings. The number of aryl methyl sites for hydroxylation is 1. The first kappa shape index (κ1) is 14.8. The molecule has 2 nitrogen and oxygen atoms in total. The van der Waals surface area contributed by atoms with Gasteiger partial charge in [0.05, 0.1) is 0 Å². The first-order valence-electron chi connectivity index (χ1n) is 5.90. The van der Waals surface area contributed by atoms with Gasteiger partial charge in [0.1, 0.15) is 17.4 Å². The van der Waals surface area contributed by atoms with Gasteiger partial charge in [-0.1, -0.05) is 25.1 Å². The largest absolute Gasteiger partial charge is 0.461 e. The molecule has 0 amide bonds. The molecule has 2 rings (SSSR count). The highest BCUT2D eigenvalue weighted by atomic mass is 19.4. The number of nitrogens with two attached hydrogens (primary N) is 1. The lowest BCUT2D eigenvalue weighted by molar-refractivity contribution is -0.290.